The van der Waals surface area contributed by atoms with E-state index in [1.807, 2.05) is 6.92 Å². The lowest BCUT2D eigenvalue weighted by Crippen LogP contribution is -2.14. The molecule has 0 saturated carbocycles. The lowest BCUT2D eigenvalue weighted by atomic mass is 9.94. The maximum absolute atomic E-state index is 12.8. The van der Waals surface area contributed by atoms with Crippen molar-refractivity contribution in [2.45, 2.75) is 25.4 Å². The van der Waals surface area contributed by atoms with Gasteiger partial charge in [-0.1, -0.05) is 13.0 Å². The van der Waals surface area contributed by atoms with Crippen molar-refractivity contribution in [1.82, 2.24) is 0 Å². The van der Waals surface area contributed by atoms with Crippen LogP contribution in [0.4, 0.5) is 8.78 Å². The van der Waals surface area contributed by atoms with Crippen LogP contribution >= 0.6 is 0 Å². The van der Waals surface area contributed by atoms with Crippen LogP contribution in [0.5, 0.6) is 0 Å². The smallest absolute Gasteiger partial charge is 0.159 e. The van der Waals surface area contributed by atoms with Crippen LogP contribution in [0.25, 0.3) is 0 Å². The highest BCUT2D eigenvalue weighted by molar-refractivity contribution is 5.23. The van der Waals surface area contributed by atoms with Gasteiger partial charge in [0.15, 0.2) is 11.6 Å². The first kappa shape index (κ1) is 11.1. The highest BCUT2D eigenvalue weighted by atomic mass is 19.2. The quantitative estimate of drug-likeness (QED) is 0.793. The van der Waals surface area contributed by atoms with E-state index in [1.54, 1.807) is 0 Å². The Balaban J connectivity index is 2.91. The van der Waals surface area contributed by atoms with E-state index in [9.17, 15) is 13.9 Å². The Kier molecular flexibility index (Phi) is 3.58. The van der Waals surface area contributed by atoms with Crippen LogP contribution in [0.15, 0.2) is 18.2 Å². The second kappa shape index (κ2) is 4.51. The zero-order valence-corrected chi connectivity index (χ0v) is 8.00. The average molecular weight is 199 g/mol. The molecule has 0 heterocycles. The first-order valence-electron chi connectivity index (χ1n) is 4.52. The van der Waals surface area contributed by atoms with Crippen LogP contribution in [-0.4, -0.2) is 11.2 Å². The summed E-state index contributed by atoms with van der Waals surface area (Å²) >= 11 is 0. The summed E-state index contributed by atoms with van der Waals surface area (Å²) in [7, 11) is 0. The zero-order chi connectivity index (χ0) is 10.7. The molecule has 0 fully saturated rings. The monoisotopic (exact) mass is 199 g/mol. The number of hydrogen-bond donors (Lipinski definition) is 1. The Labute approximate surface area is 82.4 Å². The molecule has 2 unspecified atom stereocenters. The molecule has 0 amide bonds. The van der Waals surface area contributed by atoms with Gasteiger partial charge < -0.3 is 5.11 Å². The van der Waals surface area contributed by atoms with Crippen LogP contribution in [0.2, 0.25) is 0 Å². The van der Waals surface area contributed by atoms with Crippen LogP contribution in [0, 0.1) is 18.6 Å². The predicted molar refractivity (Wildman–Crippen MR) is 50.8 cm³/mol. The molecule has 1 aromatic rings. The molecule has 77 valence electrons. The minimum atomic E-state index is -0.903. The van der Waals surface area contributed by atoms with Crippen molar-refractivity contribution in [2.75, 3.05) is 0 Å². The Bertz CT molecular complexity index is 312. The highest BCUT2D eigenvalue weighted by Gasteiger charge is 2.15. The third-order valence-electron chi connectivity index (χ3n) is 2.25. The number of aliphatic hydroxyl groups is 1. The van der Waals surface area contributed by atoms with Crippen LogP contribution in [0.3, 0.4) is 0 Å². The van der Waals surface area contributed by atoms with Gasteiger partial charge in [0.25, 0.3) is 0 Å². The minimum absolute atomic E-state index is 0.421. The van der Waals surface area contributed by atoms with Gasteiger partial charge in [0.2, 0.25) is 0 Å². The van der Waals surface area contributed by atoms with Gasteiger partial charge in [0.1, 0.15) is 0 Å². The SMILES string of the molecule is [CH2]C(c1ccc(F)c(F)c1)C(O)CC. The van der Waals surface area contributed by atoms with Crippen molar-refractivity contribution >= 4 is 0 Å². The lowest BCUT2D eigenvalue weighted by molar-refractivity contribution is 0.154. The van der Waals surface area contributed by atoms with Crippen LogP contribution in [-0.2, 0) is 0 Å². The minimum Gasteiger partial charge on any atom is -0.393 e. The zero-order valence-electron chi connectivity index (χ0n) is 8.00. The molecule has 0 saturated heterocycles. The molecule has 0 spiro atoms. The molecule has 1 nitrogen and oxygen atoms in total. The second-order valence-corrected chi connectivity index (χ2v) is 3.26. The van der Waals surface area contributed by atoms with Crippen molar-refractivity contribution in [1.29, 1.82) is 0 Å². The number of rotatable bonds is 3. The Morgan fingerprint density at radius 2 is 2.00 bits per heavy atom. The van der Waals surface area contributed by atoms with E-state index in [1.165, 1.54) is 6.07 Å². The molecule has 1 rings (SSSR count). The number of benzene rings is 1. The molecule has 0 bridgehead atoms. The summed E-state index contributed by atoms with van der Waals surface area (Å²) in [5, 5.41) is 9.46. The van der Waals surface area contributed by atoms with Gasteiger partial charge in [-0.05, 0) is 31.0 Å². The third kappa shape index (κ3) is 2.29. The van der Waals surface area contributed by atoms with E-state index in [0.29, 0.717) is 12.0 Å². The van der Waals surface area contributed by atoms with Crippen molar-refractivity contribution < 1.29 is 13.9 Å². The standard InChI is InChI=1S/C11H13F2O/c1-3-11(14)7(2)8-4-5-9(12)10(13)6-8/h4-7,11,14H,2-3H2,1H3. The summed E-state index contributed by atoms with van der Waals surface area (Å²) in [5.41, 5.74) is 0.512. The van der Waals surface area contributed by atoms with Gasteiger partial charge in [-0.3, -0.25) is 0 Å². The Morgan fingerprint density at radius 1 is 1.36 bits per heavy atom. The van der Waals surface area contributed by atoms with Crippen LogP contribution < -0.4 is 0 Å². The topological polar surface area (TPSA) is 20.2 Å². The maximum Gasteiger partial charge on any atom is 0.159 e. The van der Waals surface area contributed by atoms with Gasteiger partial charge in [-0.2, -0.15) is 0 Å². The Hall–Kier alpha value is -0.960. The maximum atomic E-state index is 12.8. The molecule has 0 aliphatic heterocycles. The lowest BCUT2D eigenvalue weighted by Gasteiger charge is -2.17. The third-order valence-corrected chi connectivity index (χ3v) is 2.25. The second-order valence-electron chi connectivity index (χ2n) is 3.26. The summed E-state index contributed by atoms with van der Waals surface area (Å²) in [6.45, 7) is 5.52. The van der Waals surface area contributed by atoms with Crippen molar-refractivity contribution in [3.05, 3.63) is 42.3 Å². The van der Waals surface area contributed by atoms with Crippen molar-refractivity contribution in [2.24, 2.45) is 0 Å². The summed E-state index contributed by atoms with van der Waals surface area (Å²) < 4.78 is 25.4. The first-order chi connectivity index (χ1) is 6.56. The van der Waals surface area contributed by atoms with Crippen LogP contribution in [0.1, 0.15) is 24.8 Å². The van der Waals surface area contributed by atoms with E-state index in [0.717, 1.165) is 12.1 Å². The predicted octanol–water partition coefficient (Wildman–Crippen LogP) is 2.65. The van der Waals surface area contributed by atoms with Crippen molar-refractivity contribution in [3.63, 3.8) is 0 Å². The molecule has 1 radical (unpaired) electrons. The van der Waals surface area contributed by atoms with Crippen molar-refractivity contribution in [3.8, 4) is 0 Å². The molecular formula is C11H13F2O. The fourth-order valence-electron chi connectivity index (χ4n) is 1.25. The van der Waals surface area contributed by atoms with Gasteiger partial charge in [-0.15, -0.1) is 0 Å². The fraction of sp³-hybridized carbons (Fsp3) is 0.364. The molecule has 0 aromatic heterocycles. The largest absolute Gasteiger partial charge is 0.393 e. The fourth-order valence-corrected chi connectivity index (χ4v) is 1.25. The van der Waals surface area contributed by atoms with Gasteiger partial charge in [0, 0.05) is 5.92 Å². The molecule has 1 N–H and O–H groups in total. The molecule has 0 aliphatic rings. The number of halogens is 2. The van der Waals surface area contributed by atoms with Gasteiger partial charge in [-0.25, -0.2) is 8.78 Å². The summed E-state index contributed by atoms with van der Waals surface area (Å²) in [5.74, 6) is -2.21. The summed E-state index contributed by atoms with van der Waals surface area (Å²) in [6.07, 6.45) is -0.0902. The highest BCUT2D eigenvalue weighted by Crippen LogP contribution is 2.22. The molecule has 2 atom stereocenters. The normalized spacial score (nSPS) is 15.2. The van der Waals surface area contributed by atoms with Gasteiger partial charge in [0.05, 0.1) is 6.10 Å². The summed E-state index contributed by atoms with van der Waals surface area (Å²) in [6, 6.07) is 3.56. The van der Waals surface area contributed by atoms with Gasteiger partial charge >= 0.3 is 0 Å². The molecule has 0 aliphatic carbocycles. The molecule has 3 heteroatoms. The van der Waals surface area contributed by atoms with E-state index >= 15 is 0 Å². The first-order valence-corrected chi connectivity index (χ1v) is 4.52. The van der Waals surface area contributed by atoms with E-state index < -0.39 is 23.7 Å². The molecular weight excluding hydrogens is 186 g/mol. The Morgan fingerprint density at radius 3 is 2.50 bits per heavy atom. The molecule has 1 aromatic carbocycles. The molecule has 14 heavy (non-hydrogen) atoms. The number of aliphatic hydroxyl groups excluding tert-OH is 1. The van der Waals surface area contributed by atoms with E-state index in [2.05, 4.69) is 6.92 Å². The van der Waals surface area contributed by atoms with E-state index in [4.69, 9.17) is 0 Å². The van der Waals surface area contributed by atoms with E-state index in [-0.39, 0.29) is 0 Å². The number of hydrogen-bond acceptors (Lipinski definition) is 1. The summed E-state index contributed by atoms with van der Waals surface area (Å²) in [4.78, 5) is 0. The average Bonchev–Trinajstić information content (AvgIpc) is 2.20.